The zero-order chi connectivity index (χ0) is 16.8. The van der Waals surface area contributed by atoms with E-state index in [1.54, 1.807) is 6.20 Å². The predicted octanol–water partition coefficient (Wildman–Crippen LogP) is 1.87. The zero-order valence-electron chi connectivity index (χ0n) is 14.5. The number of aryl methyl sites for hydroxylation is 1. The Balaban J connectivity index is 1.73. The number of rotatable bonds is 6. The highest BCUT2D eigenvalue weighted by molar-refractivity contribution is 5.53. The molecular formula is C18H25N5O. The predicted molar refractivity (Wildman–Crippen MR) is 95.2 cm³/mol. The van der Waals surface area contributed by atoms with Crippen LogP contribution in [0, 0.1) is 0 Å². The molecule has 0 bridgehead atoms. The Labute approximate surface area is 143 Å². The van der Waals surface area contributed by atoms with Crippen LogP contribution in [0.15, 0.2) is 30.5 Å². The van der Waals surface area contributed by atoms with E-state index in [2.05, 4.69) is 39.8 Å². The highest BCUT2D eigenvalue weighted by Crippen LogP contribution is 2.18. The van der Waals surface area contributed by atoms with Crippen LogP contribution in [0.5, 0.6) is 0 Å². The summed E-state index contributed by atoms with van der Waals surface area (Å²) in [5, 5.41) is 0. The number of anilines is 1. The van der Waals surface area contributed by atoms with Crippen LogP contribution < -0.4 is 4.90 Å². The summed E-state index contributed by atoms with van der Waals surface area (Å²) in [7, 11) is 2.09. The minimum absolute atomic E-state index is 0.697. The van der Waals surface area contributed by atoms with Crippen LogP contribution in [0.25, 0.3) is 11.5 Å². The minimum Gasteiger partial charge on any atom is -0.379 e. The topological polar surface area (TPSA) is 54.4 Å². The van der Waals surface area contributed by atoms with Gasteiger partial charge in [-0.15, -0.1) is 0 Å². The molecule has 2 aromatic heterocycles. The van der Waals surface area contributed by atoms with Gasteiger partial charge in [0.2, 0.25) is 0 Å². The molecule has 0 atom stereocenters. The number of pyridine rings is 1. The number of hydrogen-bond acceptors (Lipinski definition) is 6. The summed E-state index contributed by atoms with van der Waals surface area (Å²) in [6, 6.07) is 7.90. The van der Waals surface area contributed by atoms with Crippen LogP contribution in [0.3, 0.4) is 0 Å². The first-order chi connectivity index (χ1) is 11.8. The van der Waals surface area contributed by atoms with Crippen LogP contribution in [-0.4, -0.2) is 66.3 Å². The maximum absolute atomic E-state index is 5.40. The summed E-state index contributed by atoms with van der Waals surface area (Å²) in [5.74, 6) is 1.65. The van der Waals surface area contributed by atoms with Gasteiger partial charge in [-0.25, -0.2) is 9.97 Å². The molecule has 3 rings (SSSR count). The fourth-order valence-electron chi connectivity index (χ4n) is 2.70. The number of morpholine rings is 1. The average Bonchev–Trinajstić information content (AvgIpc) is 2.67. The Hall–Kier alpha value is -2.05. The van der Waals surface area contributed by atoms with Crippen molar-refractivity contribution in [1.29, 1.82) is 0 Å². The van der Waals surface area contributed by atoms with E-state index < -0.39 is 0 Å². The minimum atomic E-state index is 0.697. The van der Waals surface area contributed by atoms with Gasteiger partial charge in [0.25, 0.3) is 0 Å². The summed E-state index contributed by atoms with van der Waals surface area (Å²) >= 11 is 0. The lowest BCUT2D eigenvalue weighted by molar-refractivity contribution is 0.0393. The van der Waals surface area contributed by atoms with Crippen molar-refractivity contribution >= 4 is 5.82 Å². The first-order valence-corrected chi connectivity index (χ1v) is 8.57. The van der Waals surface area contributed by atoms with Crippen molar-refractivity contribution in [2.24, 2.45) is 0 Å². The molecule has 3 heterocycles. The molecule has 0 N–H and O–H groups in total. The van der Waals surface area contributed by atoms with Crippen LogP contribution in [0.2, 0.25) is 0 Å². The van der Waals surface area contributed by atoms with Gasteiger partial charge in [0.15, 0.2) is 5.82 Å². The molecule has 1 aliphatic heterocycles. The average molecular weight is 327 g/mol. The van der Waals surface area contributed by atoms with Crippen LogP contribution >= 0.6 is 0 Å². The first-order valence-electron chi connectivity index (χ1n) is 8.57. The van der Waals surface area contributed by atoms with Crippen molar-refractivity contribution < 1.29 is 4.74 Å². The van der Waals surface area contributed by atoms with Crippen molar-refractivity contribution in [3.8, 4) is 11.5 Å². The van der Waals surface area contributed by atoms with E-state index in [0.717, 1.165) is 63.0 Å². The Kier molecular flexibility index (Phi) is 5.72. The number of likely N-dealkylation sites (N-methyl/N-ethyl adjacent to an activating group) is 1. The summed E-state index contributed by atoms with van der Waals surface area (Å²) in [5.41, 5.74) is 1.86. The Bertz CT molecular complexity index is 643. The fraction of sp³-hybridized carbons (Fsp3) is 0.500. The third-order valence-electron chi connectivity index (χ3n) is 4.27. The Morgan fingerprint density at radius 3 is 2.75 bits per heavy atom. The van der Waals surface area contributed by atoms with Gasteiger partial charge in [-0.05, 0) is 18.6 Å². The van der Waals surface area contributed by atoms with Crippen LogP contribution in [-0.2, 0) is 11.2 Å². The van der Waals surface area contributed by atoms with Crippen molar-refractivity contribution in [3.63, 3.8) is 0 Å². The van der Waals surface area contributed by atoms with Gasteiger partial charge in [-0.1, -0.05) is 13.0 Å². The molecule has 1 aliphatic rings. The maximum atomic E-state index is 5.40. The van der Waals surface area contributed by atoms with Gasteiger partial charge in [0.1, 0.15) is 11.5 Å². The van der Waals surface area contributed by atoms with E-state index in [1.807, 2.05) is 18.2 Å². The summed E-state index contributed by atoms with van der Waals surface area (Å²) in [6.07, 6.45) is 2.66. The van der Waals surface area contributed by atoms with Crippen LogP contribution in [0.1, 0.15) is 12.6 Å². The van der Waals surface area contributed by atoms with Crippen molar-refractivity contribution in [1.82, 2.24) is 19.9 Å². The monoisotopic (exact) mass is 327 g/mol. The first kappa shape index (κ1) is 16.8. The van der Waals surface area contributed by atoms with E-state index in [9.17, 15) is 0 Å². The highest BCUT2D eigenvalue weighted by atomic mass is 16.5. The van der Waals surface area contributed by atoms with Crippen molar-refractivity contribution in [3.05, 3.63) is 36.2 Å². The molecule has 0 unspecified atom stereocenters. The second kappa shape index (κ2) is 8.17. The molecule has 0 amide bonds. The van der Waals surface area contributed by atoms with E-state index in [0.29, 0.717) is 5.82 Å². The standard InChI is InChI=1S/C18H25N5O/c1-3-15-14-17(21-18(20-15)16-6-4-5-7-19-16)22(2)8-9-23-10-12-24-13-11-23/h4-7,14H,3,8-13H2,1-2H3. The summed E-state index contributed by atoms with van der Waals surface area (Å²) in [6.45, 7) is 7.75. The molecule has 6 nitrogen and oxygen atoms in total. The quantitative estimate of drug-likeness (QED) is 0.807. The lowest BCUT2D eigenvalue weighted by atomic mass is 10.2. The number of hydrogen-bond donors (Lipinski definition) is 0. The van der Waals surface area contributed by atoms with Gasteiger partial charge < -0.3 is 9.64 Å². The zero-order valence-corrected chi connectivity index (χ0v) is 14.5. The SMILES string of the molecule is CCc1cc(N(C)CCN2CCOCC2)nc(-c2ccccn2)n1. The second-order valence-corrected chi connectivity index (χ2v) is 5.99. The molecule has 2 aromatic rings. The van der Waals surface area contributed by atoms with Crippen LogP contribution in [0.4, 0.5) is 5.82 Å². The molecule has 0 aromatic carbocycles. The molecule has 0 saturated carbocycles. The molecule has 0 spiro atoms. The van der Waals surface area contributed by atoms with Gasteiger partial charge in [0.05, 0.1) is 13.2 Å². The third kappa shape index (κ3) is 4.27. The molecule has 6 heteroatoms. The highest BCUT2D eigenvalue weighted by Gasteiger charge is 2.13. The van der Waals surface area contributed by atoms with E-state index in [4.69, 9.17) is 9.72 Å². The summed E-state index contributed by atoms with van der Waals surface area (Å²) < 4.78 is 5.40. The molecule has 0 radical (unpaired) electrons. The molecule has 1 fully saturated rings. The molecular weight excluding hydrogens is 302 g/mol. The summed E-state index contributed by atoms with van der Waals surface area (Å²) in [4.78, 5) is 18.4. The number of aromatic nitrogens is 3. The van der Waals surface area contributed by atoms with Gasteiger partial charge in [0, 0.05) is 51.2 Å². The number of nitrogens with zero attached hydrogens (tertiary/aromatic N) is 5. The van der Waals surface area contributed by atoms with E-state index in [1.165, 1.54) is 0 Å². The Morgan fingerprint density at radius 1 is 1.21 bits per heavy atom. The molecule has 1 saturated heterocycles. The van der Waals surface area contributed by atoms with Crippen molar-refractivity contribution in [2.75, 3.05) is 51.3 Å². The molecule has 128 valence electrons. The van der Waals surface area contributed by atoms with Gasteiger partial charge >= 0.3 is 0 Å². The van der Waals surface area contributed by atoms with E-state index in [-0.39, 0.29) is 0 Å². The fourth-order valence-corrected chi connectivity index (χ4v) is 2.70. The molecule has 0 aliphatic carbocycles. The third-order valence-corrected chi connectivity index (χ3v) is 4.27. The smallest absolute Gasteiger partial charge is 0.180 e. The Morgan fingerprint density at radius 2 is 2.04 bits per heavy atom. The normalized spacial score (nSPS) is 15.4. The maximum Gasteiger partial charge on any atom is 0.180 e. The molecule has 24 heavy (non-hydrogen) atoms. The van der Waals surface area contributed by atoms with Crippen molar-refractivity contribution in [2.45, 2.75) is 13.3 Å². The number of ether oxygens (including phenoxy) is 1. The van der Waals surface area contributed by atoms with Gasteiger partial charge in [-0.3, -0.25) is 9.88 Å². The van der Waals surface area contributed by atoms with Gasteiger partial charge in [-0.2, -0.15) is 0 Å². The lowest BCUT2D eigenvalue weighted by Crippen LogP contribution is -2.40. The van der Waals surface area contributed by atoms with E-state index >= 15 is 0 Å². The lowest BCUT2D eigenvalue weighted by Gasteiger charge is -2.29. The largest absolute Gasteiger partial charge is 0.379 e. The second-order valence-electron chi connectivity index (χ2n) is 5.99.